The summed E-state index contributed by atoms with van der Waals surface area (Å²) in [6, 6.07) is 14.7. The van der Waals surface area contributed by atoms with Crippen molar-refractivity contribution >= 4 is 52.4 Å². The number of carbonyl (C=O) groups excluding carboxylic acids is 2. The molecule has 2 saturated heterocycles. The minimum atomic E-state index is -0.510. The third-order valence-electron chi connectivity index (χ3n) is 6.74. The Kier molecular flexibility index (Phi) is 8.32. The Hall–Kier alpha value is -3.96. The van der Waals surface area contributed by atoms with Crippen molar-refractivity contribution in [3.8, 4) is 11.9 Å². The van der Waals surface area contributed by atoms with Gasteiger partial charge in [0.1, 0.15) is 11.9 Å². The molecule has 2 fully saturated rings. The molecule has 2 aromatic carbocycles. The van der Waals surface area contributed by atoms with E-state index in [-0.39, 0.29) is 28.2 Å². The first-order valence-electron chi connectivity index (χ1n) is 12.6. The minimum absolute atomic E-state index is 0.134. The van der Waals surface area contributed by atoms with Gasteiger partial charge in [-0.15, -0.1) is 0 Å². The molecule has 0 unspecified atom stereocenters. The maximum Gasteiger partial charge on any atom is 0.414 e. The van der Waals surface area contributed by atoms with Crippen LogP contribution in [0.4, 0.5) is 22.0 Å². The second-order valence-corrected chi connectivity index (χ2v) is 9.98. The van der Waals surface area contributed by atoms with Crippen molar-refractivity contribution in [3.63, 3.8) is 0 Å². The first kappa shape index (κ1) is 27.6. The van der Waals surface area contributed by atoms with Gasteiger partial charge in [-0.05, 0) is 36.4 Å². The lowest BCUT2D eigenvalue weighted by atomic mass is 10.2. The van der Waals surface area contributed by atoms with Crippen LogP contribution < -0.4 is 29.5 Å². The molecule has 0 spiro atoms. The number of methoxy groups -OCH3 is 2. The number of ether oxygens (including phenoxy) is 3. The van der Waals surface area contributed by atoms with E-state index in [4.69, 9.17) is 37.4 Å². The SMILES string of the molecule is COc1cc(N2CCN(c3ccc(N4C[C@H](CNC(=O)c5c(Cl)cccc5Cl)OC4=O)cc3)CC2)nc(OC)n1. The maximum absolute atomic E-state index is 12.6. The molecule has 0 radical (unpaired) electrons. The predicted octanol–water partition coefficient (Wildman–Crippen LogP) is 3.88. The highest BCUT2D eigenvalue weighted by molar-refractivity contribution is 6.39. The Balaban J connectivity index is 1.15. The number of hydrogen-bond acceptors (Lipinski definition) is 9. The van der Waals surface area contributed by atoms with Gasteiger partial charge in [0.05, 0.1) is 42.9 Å². The molecule has 1 aromatic heterocycles. The highest BCUT2D eigenvalue weighted by Gasteiger charge is 2.33. The minimum Gasteiger partial charge on any atom is -0.481 e. The maximum atomic E-state index is 12.6. The summed E-state index contributed by atoms with van der Waals surface area (Å²) in [6.45, 7) is 3.54. The Bertz CT molecular complexity index is 1340. The average molecular weight is 587 g/mol. The molecule has 2 aliphatic heterocycles. The van der Waals surface area contributed by atoms with Crippen LogP contribution >= 0.6 is 23.2 Å². The van der Waals surface area contributed by atoms with E-state index in [2.05, 4.69) is 25.1 Å². The Morgan fingerprint density at radius 1 is 0.975 bits per heavy atom. The molecule has 2 aliphatic rings. The molecular formula is C27H28Cl2N6O5. The van der Waals surface area contributed by atoms with Crippen molar-refractivity contribution < 1.29 is 23.8 Å². The summed E-state index contributed by atoms with van der Waals surface area (Å²) in [5, 5.41) is 3.26. The zero-order valence-electron chi connectivity index (χ0n) is 22.0. The molecule has 3 heterocycles. The van der Waals surface area contributed by atoms with Crippen LogP contribution in [-0.2, 0) is 4.74 Å². The van der Waals surface area contributed by atoms with Gasteiger partial charge in [0.2, 0.25) is 5.88 Å². The summed E-state index contributed by atoms with van der Waals surface area (Å²) >= 11 is 12.2. The van der Waals surface area contributed by atoms with E-state index in [1.165, 1.54) is 7.11 Å². The first-order chi connectivity index (χ1) is 19.4. The summed E-state index contributed by atoms with van der Waals surface area (Å²) in [6.07, 6.45) is -0.975. The topological polar surface area (TPSA) is 109 Å². The molecule has 0 aliphatic carbocycles. The second kappa shape index (κ2) is 12.1. The van der Waals surface area contributed by atoms with Crippen LogP contribution in [0.1, 0.15) is 10.4 Å². The molecular weight excluding hydrogens is 559 g/mol. The lowest BCUT2D eigenvalue weighted by molar-refractivity contribution is 0.0916. The molecule has 0 bridgehead atoms. The number of cyclic esters (lactones) is 1. The Labute approximate surface area is 241 Å². The predicted molar refractivity (Wildman–Crippen MR) is 152 cm³/mol. The molecule has 5 rings (SSSR count). The first-order valence-corrected chi connectivity index (χ1v) is 13.4. The van der Waals surface area contributed by atoms with E-state index in [0.717, 1.165) is 43.4 Å². The quantitative estimate of drug-likeness (QED) is 0.420. The fraction of sp³-hybridized carbons (Fsp3) is 0.333. The van der Waals surface area contributed by atoms with Gasteiger partial charge in [-0.25, -0.2) is 4.79 Å². The van der Waals surface area contributed by atoms with Crippen LogP contribution in [0, 0.1) is 0 Å². The molecule has 0 saturated carbocycles. The smallest absolute Gasteiger partial charge is 0.414 e. The Morgan fingerprint density at radius 3 is 2.27 bits per heavy atom. The van der Waals surface area contributed by atoms with E-state index in [0.29, 0.717) is 12.4 Å². The number of benzene rings is 2. The van der Waals surface area contributed by atoms with Crippen molar-refractivity contribution in [1.82, 2.24) is 15.3 Å². The molecule has 40 heavy (non-hydrogen) atoms. The van der Waals surface area contributed by atoms with Gasteiger partial charge < -0.3 is 29.3 Å². The van der Waals surface area contributed by atoms with E-state index < -0.39 is 18.1 Å². The van der Waals surface area contributed by atoms with Gasteiger partial charge in [0, 0.05) is 43.6 Å². The summed E-state index contributed by atoms with van der Waals surface area (Å²) in [7, 11) is 3.09. The van der Waals surface area contributed by atoms with Gasteiger partial charge in [-0.2, -0.15) is 9.97 Å². The fourth-order valence-corrected chi connectivity index (χ4v) is 5.20. The van der Waals surface area contributed by atoms with Crippen LogP contribution in [0.25, 0.3) is 0 Å². The zero-order chi connectivity index (χ0) is 28.2. The number of aromatic nitrogens is 2. The number of halogens is 2. The van der Waals surface area contributed by atoms with Gasteiger partial charge in [-0.1, -0.05) is 29.3 Å². The third-order valence-corrected chi connectivity index (χ3v) is 7.37. The molecule has 13 heteroatoms. The zero-order valence-corrected chi connectivity index (χ0v) is 23.5. The largest absolute Gasteiger partial charge is 0.481 e. The van der Waals surface area contributed by atoms with E-state index in [9.17, 15) is 9.59 Å². The van der Waals surface area contributed by atoms with Gasteiger partial charge >= 0.3 is 12.1 Å². The number of carbonyl (C=O) groups is 2. The second-order valence-electron chi connectivity index (χ2n) is 9.17. The summed E-state index contributed by atoms with van der Waals surface area (Å²) in [4.78, 5) is 39.7. The monoisotopic (exact) mass is 586 g/mol. The number of rotatable bonds is 8. The van der Waals surface area contributed by atoms with E-state index in [1.54, 1.807) is 36.3 Å². The number of nitrogens with one attached hydrogen (secondary N) is 1. The molecule has 1 N–H and O–H groups in total. The van der Waals surface area contributed by atoms with Gasteiger partial charge in [-0.3, -0.25) is 9.69 Å². The van der Waals surface area contributed by atoms with Gasteiger partial charge in [0.25, 0.3) is 5.91 Å². The van der Waals surface area contributed by atoms with Crippen LogP contribution in [-0.4, -0.2) is 81.6 Å². The summed E-state index contributed by atoms with van der Waals surface area (Å²) < 4.78 is 15.9. The lowest BCUT2D eigenvalue weighted by Crippen LogP contribution is -2.46. The lowest BCUT2D eigenvalue weighted by Gasteiger charge is -2.36. The van der Waals surface area contributed by atoms with Crippen molar-refractivity contribution in [3.05, 3.63) is 64.1 Å². The third kappa shape index (κ3) is 5.95. The molecule has 11 nitrogen and oxygen atoms in total. The molecule has 2 amide bonds. The van der Waals surface area contributed by atoms with Crippen LogP contribution in [0.15, 0.2) is 48.5 Å². The fourth-order valence-electron chi connectivity index (χ4n) is 4.64. The number of amides is 2. The standard InChI is InChI=1S/C27H28Cl2N6O5/c1-38-23-14-22(31-26(32-23)39-2)34-12-10-33(11-13-34)17-6-8-18(9-7-17)35-16-19(40-27(35)37)15-30-25(36)24-20(28)4-3-5-21(24)29/h3-9,14,19H,10-13,15-16H2,1-2H3,(H,30,36)/t19-/m0/s1. The Morgan fingerprint density at radius 2 is 1.62 bits per heavy atom. The number of anilines is 3. The molecule has 3 aromatic rings. The normalized spacial score (nSPS) is 17.1. The molecule has 210 valence electrons. The van der Waals surface area contributed by atoms with Crippen molar-refractivity contribution in [2.75, 3.05) is 68.2 Å². The van der Waals surface area contributed by atoms with Crippen molar-refractivity contribution in [1.29, 1.82) is 0 Å². The average Bonchev–Trinajstić information content (AvgIpc) is 3.36. The van der Waals surface area contributed by atoms with Crippen molar-refractivity contribution in [2.45, 2.75) is 6.10 Å². The molecule has 1 atom stereocenters. The van der Waals surface area contributed by atoms with E-state index in [1.807, 2.05) is 24.3 Å². The highest BCUT2D eigenvalue weighted by Crippen LogP contribution is 2.28. The van der Waals surface area contributed by atoms with Crippen LogP contribution in [0.5, 0.6) is 11.9 Å². The van der Waals surface area contributed by atoms with Crippen LogP contribution in [0.3, 0.4) is 0 Å². The van der Waals surface area contributed by atoms with Crippen LogP contribution in [0.2, 0.25) is 10.0 Å². The number of piperazine rings is 1. The summed E-state index contributed by atoms with van der Waals surface area (Å²) in [5.41, 5.74) is 1.96. The van der Waals surface area contributed by atoms with Crippen molar-refractivity contribution in [2.24, 2.45) is 0 Å². The van der Waals surface area contributed by atoms with E-state index >= 15 is 0 Å². The van der Waals surface area contributed by atoms with Gasteiger partial charge in [0.15, 0.2) is 0 Å². The number of nitrogens with zero attached hydrogens (tertiary/aromatic N) is 5. The summed E-state index contributed by atoms with van der Waals surface area (Å²) in [5.74, 6) is 0.786. The number of hydrogen-bond donors (Lipinski definition) is 1. The highest BCUT2D eigenvalue weighted by atomic mass is 35.5.